The van der Waals surface area contributed by atoms with Gasteiger partial charge in [-0.1, -0.05) is 48.3 Å². The van der Waals surface area contributed by atoms with E-state index in [1.807, 2.05) is 26.8 Å². The monoisotopic (exact) mass is 563 g/mol. The molecular formula is C25H27BrClN3O5. The van der Waals surface area contributed by atoms with Crippen LogP contribution in [0, 0.1) is 0 Å². The molecule has 8 nitrogen and oxygen atoms in total. The molecule has 0 saturated carbocycles. The fraction of sp³-hybridized carbons (Fsp3) is 0.360. The van der Waals surface area contributed by atoms with Gasteiger partial charge < -0.3 is 14.2 Å². The number of carbonyl (C=O) groups excluding carboxylic acids is 1. The van der Waals surface area contributed by atoms with Gasteiger partial charge in [0.2, 0.25) is 0 Å². The van der Waals surface area contributed by atoms with Gasteiger partial charge >= 0.3 is 5.97 Å². The Labute approximate surface area is 217 Å². The van der Waals surface area contributed by atoms with E-state index in [0.717, 1.165) is 4.47 Å². The van der Waals surface area contributed by atoms with Gasteiger partial charge in [0.15, 0.2) is 17.6 Å². The molecular weight excluding hydrogens is 538 g/mol. The number of benzene rings is 2. The van der Waals surface area contributed by atoms with Gasteiger partial charge in [-0.3, -0.25) is 4.79 Å². The molecule has 1 atom stereocenters. The number of fused-ring (bicyclic) bond motifs is 1. The average Bonchev–Trinajstić information content (AvgIpc) is 2.79. The van der Waals surface area contributed by atoms with Crippen molar-refractivity contribution in [2.75, 3.05) is 13.7 Å². The summed E-state index contributed by atoms with van der Waals surface area (Å²) >= 11 is 9.69. The van der Waals surface area contributed by atoms with Crippen molar-refractivity contribution in [3.05, 3.63) is 61.6 Å². The predicted octanol–water partition coefficient (Wildman–Crippen LogP) is 5.33. The summed E-state index contributed by atoms with van der Waals surface area (Å²) in [5.41, 5.74) is 0.174. The first-order valence-electron chi connectivity index (χ1n) is 10.9. The average molecular weight is 565 g/mol. The molecule has 0 bridgehead atoms. The maximum absolute atomic E-state index is 13.4. The second-order valence-electron chi connectivity index (χ2n) is 8.75. The number of aromatic nitrogens is 2. The van der Waals surface area contributed by atoms with Crippen molar-refractivity contribution >= 4 is 50.6 Å². The molecule has 0 amide bonds. The zero-order chi connectivity index (χ0) is 25.9. The number of ether oxygens (including phenoxy) is 3. The van der Waals surface area contributed by atoms with Gasteiger partial charge in [-0.15, -0.1) is 0 Å². The topological polar surface area (TPSA) is 92.0 Å². The van der Waals surface area contributed by atoms with Crippen molar-refractivity contribution in [1.29, 1.82) is 0 Å². The van der Waals surface area contributed by atoms with Crippen LogP contribution in [0.25, 0.3) is 10.9 Å². The van der Waals surface area contributed by atoms with Gasteiger partial charge in [0.25, 0.3) is 5.56 Å². The van der Waals surface area contributed by atoms with E-state index in [1.165, 1.54) is 18.0 Å². The molecule has 0 radical (unpaired) electrons. The summed E-state index contributed by atoms with van der Waals surface area (Å²) in [6.45, 7) is 9.35. The lowest BCUT2D eigenvalue weighted by atomic mass is 9.95. The number of methoxy groups -OCH3 is 1. The highest BCUT2D eigenvalue weighted by Gasteiger charge is 2.24. The van der Waals surface area contributed by atoms with Crippen LogP contribution in [0.3, 0.4) is 0 Å². The van der Waals surface area contributed by atoms with Crippen molar-refractivity contribution in [1.82, 2.24) is 9.66 Å². The SMILES string of the molecule is CCOC(=O)[C@H](C)Oc1c(C=Nn2c(C(C)(C)C)nc3ccc(Br)cc3c2=O)cc(Cl)cc1OC. The van der Waals surface area contributed by atoms with Crippen LogP contribution in [0.5, 0.6) is 11.5 Å². The van der Waals surface area contributed by atoms with Gasteiger partial charge in [-0.25, -0.2) is 9.78 Å². The largest absolute Gasteiger partial charge is 0.493 e. The van der Waals surface area contributed by atoms with Crippen LogP contribution in [0.4, 0.5) is 0 Å². The highest BCUT2D eigenvalue weighted by atomic mass is 79.9. The maximum Gasteiger partial charge on any atom is 0.347 e. The fourth-order valence-electron chi connectivity index (χ4n) is 3.31. The van der Waals surface area contributed by atoms with Crippen LogP contribution < -0.4 is 15.0 Å². The summed E-state index contributed by atoms with van der Waals surface area (Å²) in [7, 11) is 1.46. The summed E-state index contributed by atoms with van der Waals surface area (Å²) in [5.74, 6) is 0.495. The van der Waals surface area contributed by atoms with Gasteiger partial charge in [-0.2, -0.15) is 9.78 Å². The molecule has 0 fully saturated rings. The van der Waals surface area contributed by atoms with Crippen molar-refractivity contribution in [3.8, 4) is 11.5 Å². The molecule has 2 aromatic carbocycles. The molecule has 0 aliphatic rings. The first-order valence-corrected chi connectivity index (χ1v) is 12.1. The molecule has 0 spiro atoms. The standard InChI is InChI=1S/C25H27BrClN3O5/c1-7-34-23(32)14(2)35-21-15(10-17(27)12-20(21)33-6)13-28-30-22(31)18-11-16(26)8-9-19(18)29-24(30)25(3,4)5/h8-14H,7H2,1-6H3/t14-/m0/s1. The Morgan fingerprint density at radius 1 is 1.29 bits per heavy atom. The molecule has 3 aromatic rings. The van der Waals surface area contributed by atoms with Crippen LogP contribution in [-0.4, -0.2) is 41.7 Å². The Hall–Kier alpha value is -2.91. The third-order valence-corrected chi connectivity index (χ3v) is 5.68. The smallest absolute Gasteiger partial charge is 0.347 e. The normalized spacial score (nSPS) is 12.7. The lowest BCUT2D eigenvalue weighted by Gasteiger charge is -2.21. The Kier molecular flexibility index (Phi) is 8.22. The van der Waals surface area contributed by atoms with E-state index in [2.05, 4.69) is 21.0 Å². The molecule has 3 rings (SSSR count). The minimum absolute atomic E-state index is 0.224. The summed E-state index contributed by atoms with van der Waals surface area (Å²) < 4.78 is 18.4. The number of hydrogen-bond donors (Lipinski definition) is 0. The third-order valence-electron chi connectivity index (χ3n) is 4.97. The predicted molar refractivity (Wildman–Crippen MR) is 140 cm³/mol. The summed E-state index contributed by atoms with van der Waals surface area (Å²) in [6.07, 6.45) is 0.522. The summed E-state index contributed by atoms with van der Waals surface area (Å²) in [6, 6.07) is 8.50. The molecule has 1 heterocycles. The minimum atomic E-state index is -0.912. The molecule has 0 aliphatic heterocycles. The number of carbonyl (C=O) groups is 1. The van der Waals surface area contributed by atoms with Crippen molar-refractivity contribution in [3.63, 3.8) is 0 Å². The lowest BCUT2D eigenvalue weighted by molar-refractivity contribution is -0.150. The van der Waals surface area contributed by atoms with E-state index in [1.54, 1.807) is 38.1 Å². The fourth-order valence-corrected chi connectivity index (χ4v) is 3.89. The summed E-state index contributed by atoms with van der Waals surface area (Å²) in [5, 5.41) is 5.26. The number of esters is 1. The second-order valence-corrected chi connectivity index (χ2v) is 10.1. The van der Waals surface area contributed by atoms with Crippen molar-refractivity contribution in [2.45, 2.75) is 46.1 Å². The maximum atomic E-state index is 13.4. The third kappa shape index (κ3) is 6.02. The van der Waals surface area contributed by atoms with Crippen molar-refractivity contribution < 1.29 is 19.0 Å². The van der Waals surface area contributed by atoms with E-state index in [9.17, 15) is 9.59 Å². The van der Waals surface area contributed by atoms with Gasteiger partial charge in [0, 0.05) is 26.5 Å². The highest BCUT2D eigenvalue weighted by Crippen LogP contribution is 2.35. The van der Waals surface area contributed by atoms with E-state index in [0.29, 0.717) is 33.1 Å². The van der Waals surface area contributed by atoms with Crippen LogP contribution in [0.2, 0.25) is 5.02 Å². The molecule has 35 heavy (non-hydrogen) atoms. The Morgan fingerprint density at radius 2 is 2.00 bits per heavy atom. The number of halogens is 2. The Balaban J connectivity index is 2.18. The van der Waals surface area contributed by atoms with Crippen LogP contribution in [0.15, 0.2) is 44.7 Å². The van der Waals surface area contributed by atoms with E-state index < -0.39 is 17.5 Å². The Bertz CT molecular complexity index is 1350. The molecule has 0 saturated heterocycles. The van der Waals surface area contributed by atoms with Crippen LogP contribution in [-0.2, 0) is 14.9 Å². The quantitative estimate of drug-likeness (QED) is 0.284. The molecule has 10 heteroatoms. The first kappa shape index (κ1) is 26.7. The molecule has 0 N–H and O–H groups in total. The van der Waals surface area contributed by atoms with Gasteiger partial charge in [0.05, 0.1) is 30.8 Å². The zero-order valence-corrected chi connectivity index (χ0v) is 22.7. The van der Waals surface area contributed by atoms with Crippen LogP contribution >= 0.6 is 27.5 Å². The molecule has 1 aromatic heterocycles. The van der Waals surface area contributed by atoms with Gasteiger partial charge in [-0.05, 0) is 38.1 Å². The van der Waals surface area contributed by atoms with E-state index in [-0.39, 0.29) is 17.9 Å². The van der Waals surface area contributed by atoms with Gasteiger partial charge in [0.1, 0.15) is 5.82 Å². The van der Waals surface area contributed by atoms with E-state index in [4.69, 9.17) is 30.8 Å². The Morgan fingerprint density at radius 3 is 2.63 bits per heavy atom. The number of rotatable bonds is 7. The van der Waals surface area contributed by atoms with Crippen LogP contribution in [0.1, 0.15) is 46.0 Å². The lowest BCUT2D eigenvalue weighted by Crippen LogP contribution is -2.29. The van der Waals surface area contributed by atoms with Crippen molar-refractivity contribution in [2.24, 2.45) is 5.10 Å². The minimum Gasteiger partial charge on any atom is -0.493 e. The summed E-state index contributed by atoms with van der Waals surface area (Å²) in [4.78, 5) is 30.3. The molecule has 0 unspecified atom stereocenters. The number of nitrogens with zero attached hydrogens (tertiary/aromatic N) is 3. The molecule has 0 aliphatic carbocycles. The second kappa shape index (κ2) is 10.8. The zero-order valence-electron chi connectivity index (χ0n) is 20.4. The molecule has 186 valence electrons. The highest BCUT2D eigenvalue weighted by molar-refractivity contribution is 9.10. The first-order chi connectivity index (χ1) is 16.5. The number of hydrogen-bond acceptors (Lipinski definition) is 7. The van der Waals surface area contributed by atoms with E-state index >= 15 is 0 Å².